The first-order valence-electron chi connectivity index (χ1n) is 8.02. The van der Waals surface area contributed by atoms with Crippen molar-refractivity contribution in [3.05, 3.63) is 24.3 Å². The zero-order valence-electron chi connectivity index (χ0n) is 13.5. The highest BCUT2D eigenvalue weighted by atomic mass is 16.2. The number of quaternary nitrogens is 1. The smallest absolute Gasteiger partial charge is 0.285 e. The fourth-order valence-corrected chi connectivity index (χ4v) is 3.48. The zero-order valence-corrected chi connectivity index (χ0v) is 13.5. The van der Waals surface area contributed by atoms with Gasteiger partial charge in [0.25, 0.3) is 5.91 Å². The van der Waals surface area contributed by atoms with Gasteiger partial charge >= 0.3 is 0 Å². The van der Waals surface area contributed by atoms with Crippen LogP contribution >= 0.6 is 0 Å². The molecule has 0 saturated carbocycles. The van der Waals surface area contributed by atoms with Gasteiger partial charge in [0, 0.05) is 12.8 Å². The van der Waals surface area contributed by atoms with E-state index in [1.165, 1.54) is 17.7 Å². The maximum absolute atomic E-state index is 13.1. The number of anilines is 2. The molecule has 0 radical (unpaired) electrons. The number of rotatable bonds is 2. The molecule has 0 aromatic heterocycles. The summed E-state index contributed by atoms with van der Waals surface area (Å²) in [5.41, 5.74) is 0.630. The Morgan fingerprint density at radius 2 is 1.91 bits per heavy atom. The van der Waals surface area contributed by atoms with Crippen LogP contribution in [0.4, 0.5) is 11.4 Å². The number of carbonyl (C=O) groups excluding carboxylic acids is 2. The molecule has 2 aliphatic rings. The highest BCUT2D eigenvalue weighted by Crippen LogP contribution is 2.36. The molecule has 5 nitrogen and oxygen atoms in total. The van der Waals surface area contributed by atoms with Crippen LogP contribution in [0.1, 0.15) is 33.6 Å². The molecule has 5 heteroatoms. The summed E-state index contributed by atoms with van der Waals surface area (Å²) in [4.78, 5) is 28.6. The number of benzene rings is 1. The van der Waals surface area contributed by atoms with Crippen molar-refractivity contribution in [1.29, 1.82) is 0 Å². The number of para-hydroxylation sites is 2. The largest absolute Gasteiger partial charge is 0.325 e. The van der Waals surface area contributed by atoms with Gasteiger partial charge in [-0.3, -0.25) is 14.5 Å². The second-order valence-electron chi connectivity index (χ2n) is 6.79. The van der Waals surface area contributed by atoms with Gasteiger partial charge in [-0.05, 0) is 32.9 Å². The lowest BCUT2D eigenvalue weighted by Gasteiger charge is -2.43. The molecule has 2 N–H and O–H groups in total. The number of nitrogens with one attached hydrogen (secondary N) is 2. The van der Waals surface area contributed by atoms with E-state index in [-0.39, 0.29) is 17.9 Å². The first-order chi connectivity index (χ1) is 10.4. The maximum atomic E-state index is 13.1. The lowest BCUT2D eigenvalue weighted by Crippen LogP contribution is -3.15. The fourth-order valence-electron chi connectivity index (χ4n) is 3.48. The fraction of sp³-hybridized carbons (Fsp3) is 0.529. The molecule has 0 aliphatic carbocycles. The number of nitrogens with zero attached hydrogens (tertiary/aromatic N) is 1. The summed E-state index contributed by atoms with van der Waals surface area (Å²) < 4.78 is 0. The Labute approximate surface area is 131 Å². The van der Waals surface area contributed by atoms with E-state index in [4.69, 9.17) is 0 Å². The van der Waals surface area contributed by atoms with Crippen LogP contribution in [0.2, 0.25) is 0 Å². The van der Waals surface area contributed by atoms with Crippen LogP contribution in [0.25, 0.3) is 0 Å². The van der Waals surface area contributed by atoms with Crippen LogP contribution in [-0.4, -0.2) is 36.5 Å². The van der Waals surface area contributed by atoms with Crippen LogP contribution in [0.15, 0.2) is 24.3 Å². The molecule has 2 aliphatic heterocycles. The molecule has 1 aromatic rings. The SMILES string of the molecule is C[C@@H](C(=O)N1c2ccccc2NC(=O)C1(C)C)[NH+]1CCCC1. The third-order valence-corrected chi connectivity index (χ3v) is 4.96. The first-order valence-corrected chi connectivity index (χ1v) is 8.02. The molecule has 2 heterocycles. The van der Waals surface area contributed by atoms with Gasteiger partial charge in [-0.2, -0.15) is 0 Å². The Morgan fingerprint density at radius 1 is 1.27 bits per heavy atom. The van der Waals surface area contributed by atoms with E-state index in [0.29, 0.717) is 5.69 Å². The minimum Gasteiger partial charge on any atom is -0.325 e. The Morgan fingerprint density at radius 3 is 2.59 bits per heavy atom. The Bertz CT molecular complexity index is 606. The Balaban J connectivity index is 1.99. The van der Waals surface area contributed by atoms with Crippen LogP contribution < -0.4 is 15.1 Å². The van der Waals surface area contributed by atoms with E-state index in [1.807, 2.05) is 45.0 Å². The summed E-state index contributed by atoms with van der Waals surface area (Å²) in [7, 11) is 0. The van der Waals surface area contributed by atoms with E-state index in [0.717, 1.165) is 18.8 Å². The number of carbonyl (C=O) groups is 2. The molecular formula is C17H24N3O2+. The Kier molecular flexibility index (Phi) is 3.68. The molecule has 0 unspecified atom stereocenters. The molecular weight excluding hydrogens is 278 g/mol. The van der Waals surface area contributed by atoms with Gasteiger partial charge in [0.15, 0.2) is 6.04 Å². The number of amides is 2. The van der Waals surface area contributed by atoms with Crippen LogP contribution in [0, 0.1) is 0 Å². The third-order valence-electron chi connectivity index (χ3n) is 4.96. The van der Waals surface area contributed by atoms with Gasteiger partial charge in [0.05, 0.1) is 24.5 Å². The van der Waals surface area contributed by atoms with E-state index in [1.54, 1.807) is 4.90 Å². The highest BCUT2D eigenvalue weighted by molar-refractivity contribution is 6.14. The van der Waals surface area contributed by atoms with Gasteiger partial charge in [-0.1, -0.05) is 12.1 Å². The normalized spacial score (nSPS) is 22.1. The second-order valence-corrected chi connectivity index (χ2v) is 6.79. The lowest BCUT2D eigenvalue weighted by atomic mass is 9.95. The molecule has 1 atom stereocenters. The molecule has 1 saturated heterocycles. The highest BCUT2D eigenvalue weighted by Gasteiger charge is 2.46. The molecule has 2 amide bonds. The molecule has 3 rings (SSSR count). The summed E-state index contributed by atoms with van der Waals surface area (Å²) in [6.45, 7) is 7.67. The van der Waals surface area contributed by atoms with Crippen molar-refractivity contribution < 1.29 is 14.5 Å². The second kappa shape index (κ2) is 5.39. The molecule has 1 aromatic carbocycles. The molecule has 0 bridgehead atoms. The van der Waals surface area contributed by atoms with Crippen LogP contribution in [-0.2, 0) is 9.59 Å². The minimum atomic E-state index is -0.876. The average molecular weight is 302 g/mol. The quantitative estimate of drug-likeness (QED) is 0.850. The summed E-state index contributed by atoms with van der Waals surface area (Å²) in [5, 5.41) is 2.90. The predicted molar refractivity (Wildman–Crippen MR) is 86.0 cm³/mol. The standard InChI is InChI=1S/C17H23N3O2/c1-12(19-10-6-7-11-19)15(21)20-14-9-5-4-8-13(14)18-16(22)17(20,2)3/h4-5,8-9,12H,6-7,10-11H2,1-3H3,(H,18,22)/p+1/t12-/m0/s1. The van der Waals surface area contributed by atoms with Crippen molar-refractivity contribution in [2.75, 3.05) is 23.3 Å². The van der Waals surface area contributed by atoms with Gasteiger partial charge in [0.1, 0.15) is 5.54 Å². The summed E-state index contributed by atoms with van der Waals surface area (Å²) >= 11 is 0. The number of hydrogen-bond donors (Lipinski definition) is 2. The predicted octanol–water partition coefficient (Wildman–Crippen LogP) is 0.817. The van der Waals surface area contributed by atoms with Gasteiger partial charge in [0.2, 0.25) is 5.91 Å². The monoisotopic (exact) mass is 302 g/mol. The van der Waals surface area contributed by atoms with Crippen molar-refractivity contribution in [3.63, 3.8) is 0 Å². The van der Waals surface area contributed by atoms with Crippen LogP contribution in [0.3, 0.4) is 0 Å². The van der Waals surface area contributed by atoms with Crippen LogP contribution in [0.5, 0.6) is 0 Å². The van der Waals surface area contributed by atoms with Gasteiger partial charge in [-0.25, -0.2) is 0 Å². The van der Waals surface area contributed by atoms with Gasteiger partial charge < -0.3 is 10.2 Å². The number of hydrogen-bond acceptors (Lipinski definition) is 2. The zero-order chi connectivity index (χ0) is 15.9. The topological polar surface area (TPSA) is 53.9 Å². The van der Waals surface area contributed by atoms with Crippen molar-refractivity contribution in [2.24, 2.45) is 0 Å². The molecule has 118 valence electrons. The van der Waals surface area contributed by atoms with E-state index in [9.17, 15) is 9.59 Å². The van der Waals surface area contributed by atoms with Crippen molar-refractivity contribution in [2.45, 2.75) is 45.2 Å². The Hall–Kier alpha value is -1.88. The summed E-state index contributed by atoms with van der Waals surface area (Å²) in [6.07, 6.45) is 2.35. The van der Waals surface area contributed by atoms with Crippen molar-refractivity contribution >= 4 is 23.2 Å². The molecule has 1 fully saturated rings. The third kappa shape index (κ3) is 2.29. The summed E-state index contributed by atoms with van der Waals surface area (Å²) in [6, 6.07) is 7.40. The van der Waals surface area contributed by atoms with Crippen molar-refractivity contribution in [3.8, 4) is 0 Å². The molecule has 0 spiro atoms. The lowest BCUT2D eigenvalue weighted by molar-refractivity contribution is -0.901. The molecule has 22 heavy (non-hydrogen) atoms. The average Bonchev–Trinajstić information content (AvgIpc) is 3.01. The summed E-state index contributed by atoms with van der Waals surface area (Å²) in [5.74, 6) is -0.104. The van der Waals surface area contributed by atoms with E-state index >= 15 is 0 Å². The number of likely N-dealkylation sites (tertiary alicyclic amines) is 1. The maximum Gasteiger partial charge on any atom is 0.285 e. The minimum absolute atomic E-state index is 0.0317. The van der Waals surface area contributed by atoms with Crippen molar-refractivity contribution in [1.82, 2.24) is 0 Å². The first kappa shape index (κ1) is 15.0. The van der Waals surface area contributed by atoms with E-state index < -0.39 is 5.54 Å². The number of fused-ring (bicyclic) bond motifs is 1. The van der Waals surface area contributed by atoms with Gasteiger partial charge in [-0.15, -0.1) is 0 Å². The van der Waals surface area contributed by atoms with E-state index in [2.05, 4.69) is 5.32 Å².